The van der Waals surface area contributed by atoms with Gasteiger partial charge in [-0.25, -0.2) is 18.2 Å². The highest BCUT2D eigenvalue weighted by Gasteiger charge is 2.49. The largest absolute Gasteiger partial charge is 0.471 e. The molecule has 0 radical (unpaired) electrons. The van der Waals surface area contributed by atoms with Gasteiger partial charge in [0.25, 0.3) is 0 Å². The quantitative estimate of drug-likeness (QED) is 0.619. The molecular weight excluding hydrogens is 470 g/mol. The second-order valence-corrected chi connectivity index (χ2v) is 11.9. The van der Waals surface area contributed by atoms with Crippen LogP contribution < -0.4 is 20.3 Å². The molecule has 0 bridgehead atoms. The first-order valence-electron chi connectivity index (χ1n) is 12.0. The maximum atomic E-state index is 12.1. The molecule has 2 aromatic rings. The van der Waals surface area contributed by atoms with E-state index in [0.29, 0.717) is 30.6 Å². The Hall–Kier alpha value is -2.92. The van der Waals surface area contributed by atoms with Crippen molar-refractivity contribution in [1.82, 2.24) is 15.3 Å². The molecule has 2 aliphatic heterocycles. The average molecular weight is 502 g/mol. The van der Waals surface area contributed by atoms with Crippen molar-refractivity contribution in [3.8, 4) is 17.3 Å². The van der Waals surface area contributed by atoms with E-state index in [0.717, 1.165) is 55.4 Å². The third-order valence-corrected chi connectivity index (χ3v) is 7.64. The summed E-state index contributed by atoms with van der Waals surface area (Å²) in [5, 5.41) is 5.26. The van der Waals surface area contributed by atoms with Gasteiger partial charge >= 0.3 is 6.03 Å². The van der Waals surface area contributed by atoms with Gasteiger partial charge in [0.05, 0.1) is 30.6 Å². The summed E-state index contributed by atoms with van der Waals surface area (Å²) in [7, 11) is -3.13. The van der Waals surface area contributed by atoms with Crippen molar-refractivity contribution in [1.29, 1.82) is 0 Å². The monoisotopic (exact) mass is 501 g/mol. The smallest absolute Gasteiger partial charge is 0.319 e. The summed E-state index contributed by atoms with van der Waals surface area (Å²) in [6, 6.07) is 7.01. The lowest BCUT2D eigenvalue weighted by Gasteiger charge is -2.37. The van der Waals surface area contributed by atoms with Crippen LogP contribution in [0.3, 0.4) is 0 Å². The number of carbonyl (C=O) groups is 1. The molecule has 1 aliphatic carbocycles. The van der Waals surface area contributed by atoms with Crippen molar-refractivity contribution in [2.75, 3.05) is 48.5 Å². The number of ether oxygens (including phenoxy) is 2. The van der Waals surface area contributed by atoms with Crippen LogP contribution in [-0.2, 0) is 21.0 Å². The Labute approximate surface area is 205 Å². The maximum absolute atomic E-state index is 12.1. The molecule has 1 aromatic heterocycles. The van der Waals surface area contributed by atoms with Gasteiger partial charge in [-0.1, -0.05) is 0 Å². The highest BCUT2D eigenvalue weighted by Crippen LogP contribution is 2.49. The molecule has 3 aliphatic rings. The molecule has 3 heterocycles. The Morgan fingerprint density at radius 3 is 2.66 bits per heavy atom. The van der Waals surface area contributed by atoms with Gasteiger partial charge in [-0.2, -0.15) is 4.98 Å². The molecule has 2 N–H and O–H groups in total. The average Bonchev–Trinajstić information content (AvgIpc) is 3.56. The van der Waals surface area contributed by atoms with Crippen LogP contribution in [0.25, 0.3) is 11.4 Å². The number of nitrogens with zero attached hydrogens (tertiary/aromatic N) is 3. The third kappa shape index (κ3) is 5.51. The Bertz CT molecular complexity index is 1210. The van der Waals surface area contributed by atoms with Crippen molar-refractivity contribution >= 4 is 27.4 Å². The summed E-state index contributed by atoms with van der Waals surface area (Å²) in [4.78, 5) is 24.1. The van der Waals surface area contributed by atoms with Gasteiger partial charge in [0, 0.05) is 30.6 Å². The lowest BCUT2D eigenvalue weighted by atomic mass is 10.0. The van der Waals surface area contributed by atoms with Gasteiger partial charge in [-0.05, 0) is 56.9 Å². The number of aromatic nitrogens is 2. The minimum atomic E-state index is -3.13. The van der Waals surface area contributed by atoms with E-state index in [1.165, 1.54) is 0 Å². The lowest BCUT2D eigenvalue weighted by molar-refractivity contribution is 0.0978. The van der Waals surface area contributed by atoms with E-state index in [9.17, 15) is 13.2 Å². The predicted octanol–water partition coefficient (Wildman–Crippen LogP) is 2.39. The van der Waals surface area contributed by atoms with Crippen LogP contribution in [0, 0.1) is 0 Å². The number of carbonyl (C=O) groups excluding carboxylic acids is 1. The second kappa shape index (κ2) is 9.27. The zero-order valence-electron chi connectivity index (χ0n) is 20.0. The van der Waals surface area contributed by atoms with Crippen molar-refractivity contribution in [2.24, 2.45) is 0 Å². The molecule has 1 aromatic carbocycles. The molecule has 1 atom stereocenters. The van der Waals surface area contributed by atoms with Crippen LogP contribution in [0.1, 0.15) is 31.7 Å². The molecular formula is C24H31N5O5S. The molecule has 188 valence electrons. The van der Waals surface area contributed by atoms with Crippen LogP contribution in [-0.4, -0.2) is 74.4 Å². The number of morpholine rings is 1. The van der Waals surface area contributed by atoms with Gasteiger partial charge in [-0.3, -0.25) is 0 Å². The van der Waals surface area contributed by atoms with Gasteiger partial charge in [0.2, 0.25) is 5.88 Å². The number of hydrogen-bond acceptors (Lipinski definition) is 8. The summed E-state index contributed by atoms with van der Waals surface area (Å²) in [5.74, 6) is 2.07. The van der Waals surface area contributed by atoms with Gasteiger partial charge in [-0.15, -0.1) is 0 Å². The van der Waals surface area contributed by atoms with Crippen LogP contribution >= 0.6 is 0 Å². The number of fused-ring (bicyclic) bond motifs is 1. The zero-order valence-corrected chi connectivity index (χ0v) is 20.9. The summed E-state index contributed by atoms with van der Waals surface area (Å²) in [6.07, 6.45) is 5.19. The highest BCUT2D eigenvalue weighted by molar-refractivity contribution is 7.90. The topological polar surface area (TPSA) is 123 Å². The highest BCUT2D eigenvalue weighted by atomic mass is 32.2. The zero-order chi connectivity index (χ0) is 24.6. The summed E-state index contributed by atoms with van der Waals surface area (Å²) >= 11 is 0. The SMILES string of the molecule is C[C@H]1COCCN1c1nc(-c2ccc(NC(=O)NCCS(C)(=O)=O)cc2)nc2c1CCC1(CC1)O2. The number of urea groups is 1. The molecule has 1 spiro atoms. The Balaban J connectivity index is 1.36. The normalized spacial score (nSPS) is 20.6. The van der Waals surface area contributed by atoms with Crippen molar-refractivity contribution in [3.05, 3.63) is 29.8 Å². The van der Waals surface area contributed by atoms with Crippen molar-refractivity contribution in [2.45, 2.75) is 44.2 Å². The number of anilines is 2. The first-order chi connectivity index (χ1) is 16.7. The second-order valence-electron chi connectivity index (χ2n) is 9.65. The summed E-state index contributed by atoms with van der Waals surface area (Å²) < 4.78 is 34.4. The summed E-state index contributed by atoms with van der Waals surface area (Å²) in [6.45, 7) is 4.28. The van der Waals surface area contributed by atoms with Crippen molar-refractivity contribution < 1.29 is 22.7 Å². The van der Waals surface area contributed by atoms with E-state index in [4.69, 9.17) is 19.4 Å². The molecule has 2 fully saturated rings. The number of rotatable bonds is 6. The first kappa shape index (κ1) is 23.8. The molecule has 1 saturated heterocycles. The van der Waals surface area contributed by atoms with Crippen molar-refractivity contribution in [3.63, 3.8) is 0 Å². The number of sulfone groups is 1. The van der Waals surface area contributed by atoms with Crippen LogP contribution in [0.15, 0.2) is 24.3 Å². The summed E-state index contributed by atoms with van der Waals surface area (Å²) in [5.41, 5.74) is 2.42. The van der Waals surface area contributed by atoms with E-state index in [1.54, 1.807) is 12.1 Å². The maximum Gasteiger partial charge on any atom is 0.319 e. The molecule has 35 heavy (non-hydrogen) atoms. The Morgan fingerprint density at radius 2 is 1.97 bits per heavy atom. The van der Waals surface area contributed by atoms with E-state index in [1.807, 2.05) is 12.1 Å². The molecule has 11 heteroatoms. The van der Waals surface area contributed by atoms with Crippen LogP contribution in [0.2, 0.25) is 0 Å². The fourth-order valence-corrected chi connectivity index (χ4v) is 4.96. The number of amides is 2. The predicted molar refractivity (Wildman–Crippen MR) is 133 cm³/mol. The fraction of sp³-hybridized carbons (Fsp3) is 0.542. The molecule has 5 rings (SSSR count). The number of nitrogens with one attached hydrogen (secondary N) is 2. The standard InChI is InChI=1S/C24H31N5O5S/c1-16-15-33-13-12-29(16)21-19-7-8-24(9-10-24)34-22(19)28-20(27-21)17-3-5-18(6-4-17)26-23(30)25-11-14-35(2,31)32/h3-6,16H,7-15H2,1-2H3,(H2,25,26,30)/t16-/m0/s1. The van der Waals surface area contributed by atoms with E-state index in [-0.39, 0.29) is 23.9 Å². The Morgan fingerprint density at radius 1 is 1.20 bits per heavy atom. The Kier molecular flexibility index (Phi) is 6.30. The number of benzene rings is 1. The molecule has 0 unspecified atom stereocenters. The minimum Gasteiger partial charge on any atom is -0.471 e. The molecule has 10 nitrogen and oxygen atoms in total. The molecule has 1 saturated carbocycles. The first-order valence-corrected chi connectivity index (χ1v) is 14.0. The molecule has 2 amide bonds. The lowest BCUT2D eigenvalue weighted by Crippen LogP contribution is -2.45. The van der Waals surface area contributed by atoms with E-state index < -0.39 is 15.9 Å². The van der Waals surface area contributed by atoms with Gasteiger partial charge in [0.15, 0.2) is 5.82 Å². The minimum absolute atomic E-state index is 0.0508. The van der Waals surface area contributed by atoms with E-state index >= 15 is 0 Å². The fourth-order valence-electron chi connectivity index (χ4n) is 4.49. The van der Waals surface area contributed by atoms with Gasteiger partial charge in [0.1, 0.15) is 21.3 Å². The van der Waals surface area contributed by atoms with Gasteiger partial charge < -0.3 is 25.0 Å². The van der Waals surface area contributed by atoms with Crippen LogP contribution in [0.5, 0.6) is 5.88 Å². The number of hydrogen-bond donors (Lipinski definition) is 2. The third-order valence-electron chi connectivity index (χ3n) is 6.70. The van der Waals surface area contributed by atoms with Crippen LogP contribution in [0.4, 0.5) is 16.3 Å². The van der Waals surface area contributed by atoms with E-state index in [2.05, 4.69) is 22.5 Å².